The van der Waals surface area contributed by atoms with Gasteiger partial charge in [-0.2, -0.15) is 9.19 Å². The first kappa shape index (κ1) is 12.9. The van der Waals surface area contributed by atoms with E-state index in [-0.39, 0.29) is 5.75 Å². The first-order valence-corrected chi connectivity index (χ1v) is 7.26. The number of hydrogen-bond donors (Lipinski definition) is 1. The molecule has 0 spiro atoms. The van der Waals surface area contributed by atoms with Crippen molar-refractivity contribution in [3.8, 4) is 11.1 Å². The molecule has 0 saturated carbocycles. The van der Waals surface area contributed by atoms with E-state index in [0.717, 1.165) is 4.09 Å². The number of halogens is 1. The average molecular weight is 286 g/mol. The summed E-state index contributed by atoms with van der Waals surface area (Å²) in [5, 5.41) is 4.33. The lowest BCUT2D eigenvalue weighted by Crippen LogP contribution is -2.14. The highest BCUT2D eigenvalue weighted by molar-refractivity contribution is 7.89. The van der Waals surface area contributed by atoms with E-state index >= 15 is 0 Å². The predicted octanol–water partition coefficient (Wildman–Crippen LogP) is 1.98. The summed E-state index contributed by atoms with van der Waals surface area (Å²) in [4.78, 5) is 0. The van der Waals surface area contributed by atoms with Gasteiger partial charge in [0.15, 0.2) is 0 Å². The maximum Gasteiger partial charge on any atom is 0.253 e. The minimum absolute atomic E-state index is 0.0151. The minimum atomic E-state index is -3.38. The standard InChI is InChI=1S/C11H12ClN3O2S/c1-2-18(16,17)15-7-8(6-14-15)10-5-9(13)3-4-11(10)12/h3-7H,2,13H2,1H3. The smallest absolute Gasteiger partial charge is 0.253 e. The number of benzene rings is 1. The Morgan fingerprint density at radius 2 is 2.17 bits per heavy atom. The molecule has 2 aromatic rings. The highest BCUT2D eigenvalue weighted by Crippen LogP contribution is 2.29. The van der Waals surface area contributed by atoms with Crippen LogP contribution in [0.3, 0.4) is 0 Å². The molecule has 1 heterocycles. The van der Waals surface area contributed by atoms with E-state index in [2.05, 4.69) is 5.10 Å². The molecule has 0 bridgehead atoms. The molecule has 0 fully saturated rings. The first-order chi connectivity index (χ1) is 8.44. The second kappa shape index (κ2) is 4.62. The van der Waals surface area contributed by atoms with Gasteiger partial charge in [0.2, 0.25) is 0 Å². The Labute approximate surface area is 110 Å². The summed E-state index contributed by atoms with van der Waals surface area (Å²) in [6.45, 7) is 1.56. The molecule has 0 amide bonds. The number of nitrogens with zero attached hydrogens (tertiary/aromatic N) is 2. The third-order valence-electron chi connectivity index (χ3n) is 2.51. The third kappa shape index (κ3) is 2.34. The van der Waals surface area contributed by atoms with Crippen molar-refractivity contribution in [2.75, 3.05) is 11.5 Å². The Kier molecular flexibility index (Phi) is 3.32. The summed E-state index contributed by atoms with van der Waals surface area (Å²) in [6, 6.07) is 5.03. The Bertz CT molecular complexity index is 679. The zero-order valence-corrected chi connectivity index (χ0v) is 11.2. The predicted molar refractivity (Wildman–Crippen MR) is 71.9 cm³/mol. The Morgan fingerprint density at radius 1 is 1.44 bits per heavy atom. The number of hydrogen-bond acceptors (Lipinski definition) is 4. The topological polar surface area (TPSA) is 78.0 Å². The zero-order valence-electron chi connectivity index (χ0n) is 9.67. The van der Waals surface area contributed by atoms with Crippen LogP contribution in [0.15, 0.2) is 30.6 Å². The largest absolute Gasteiger partial charge is 0.399 e. The SMILES string of the molecule is CCS(=O)(=O)n1cc(-c2cc(N)ccc2Cl)cn1. The van der Waals surface area contributed by atoms with Crippen LogP contribution in [0.1, 0.15) is 6.92 Å². The molecule has 0 atom stereocenters. The zero-order chi connectivity index (χ0) is 13.3. The van der Waals surface area contributed by atoms with Gasteiger partial charge in [0, 0.05) is 21.8 Å². The number of anilines is 1. The molecule has 0 unspecified atom stereocenters. The van der Waals surface area contributed by atoms with Gasteiger partial charge in [0.05, 0.1) is 18.1 Å². The molecule has 1 aromatic carbocycles. The molecule has 5 nitrogen and oxygen atoms in total. The highest BCUT2D eigenvalue weighted by atomic mass is 35.5. The van der Waals surface area contributed by atoms with Crippen molar-refractivity contribution >= 4 is 27.3 Å². The van der Waals surface area contributed by atoms with E-state index in [1.807, 2.05) is 0 Å². The van der Waals surface area contributed by atoms with Gasteiger partial charge in [-0.1, -0.05) is 11.6 Å². The average Bonchev–Trinajstić information content (AvgIpc) is 2.82. The van der Waals surface area contributed by atoms with Gasteiger partial charge in [-0.25, -0.2) is 8.42 Å². The van der Waals surface area contributed by atoms with Crippen molar-refractivity contribution in [2.24, 2.45) is 0 Å². The molecule has 18 heavy (non-hydrogen) atoms. The molecule has 7 heteroatoms. The Hall–Kier alpha value is -1.53. The van der Waals surface area contributed by atoms with Crippen molar-refractivity contribution in [3.05, 3.63) is 35.6 Å². The maximum absolute atomic E-state index is 11.6. The maximum atomic E-state index is 11.6. The van der Waals surface area contributed by atoms with Crippen molar-refractivity contribution in [1.29, 1.82) is 0 Å². The van der Waals surface area contributed by atoms with Gasteiger partial charge in [-0.05, 0) is 25.1 Å². The van der Waals surface area contributed by atoms with Crippen LogP contribution in [0.5, 0.6) is 0 Å². The summed E-state index contributed by atoms with van der Waals surface area (Å²) in [5.74, 6) is -0.0151. The van der Waals surface area contributed by atoms with E-state index in [4.69, 9.17) is 17.3 Å². The fourth-order valence-corrected chi connectivity index (χ4v) is 2.45. The van der Waals surface area contributed by atoms with Crippen molar-refractivity contribution < 1.29 is 8.42 Å². The van der Waals surface area contributed by atoms with E-state index < -0.39 is 10.0 Å². The van der Waals surface area contributed by atoms with Gasteiger partial charge >= 0.3 is 0 Å². The molecule has 2 rings (SSSR count). The molecule has 0 aliphatic heterocycles. The quantitative estimate of drug-likeness (QED) is 0.875. The van der Waals surface area contributed by atoms with Crippen LogP contribution in [0.2, 0.25) is 5.02 Å². The van der Waals surface area contributed by atoms with Gasteiger partial charge in [0.25, 0.3) is 10.0 Å². The monoisotopic (exact) mass is 285 g/mol. The number of rotatable bonds is 3. The first-order valence-electron chi connectivity index (χ1n) is 5.27. The van der Waals surface area contributed by atoms with Crippen molar-refractivity contribution in [1.82, 2.24) is 9.19 Å². The highest BCUT2D eigenvalue weighted by Gasteiger charge is 2.13. The van der Waals surface area contributed by atoms with E-state index in [0.29, 0.717) is 21.8 Å². The summed E-state index contributed by atoms with van der Waals surface area (Å²) in [7, 11) is -3.38. The molecular weight excluding hydrogens is 274 g/mol. The van der Waals surface area contributed by atoms with Gasteiger partial charge < -0.3 is 5.73 Å². The summed E-state index contributed by atoms with van der Waals surface area (Å²) in [6.07, 6.45) is 2.88. The number of nitrogen functional groups attached to an aromatic ring is 1. The number of nitrogens with two attached hydrogens (primary N) is 1. The second-order valence-corrected chi connectivity index (χ2v) is 6.26. The molecule has 96 valence electrons. The van der Waals surface area contributed by atoms with E-state index in [1.165, 1.54) is 12.4 Å². The van der Waals surface area contributed by atoms with Crippen LogP contribution < -0.4 is 5.73 Å². The van der Waals surface area contributed by atoms with Crippen LogP contribution in [0.4, 0.5) is 5.69 Å². The molecular formula is C11H12ClN3O2S. The lowest BCUT2D eigenvalue weighted by atomic mass is 10.1. The fraction of sp³-hybridized carbons (Fsp3) is 0.182. The second-order valence-electron chi connectivity index (χ2n) is 3.74. The molecule has 0 aliphatic carbocycles. The van der Waals surface area contributed by atoms with Crippen LogP contribution in [0, 0.1) is 0 Å². The Morgan fingerprint density at radius 3 is 2.83 bits per heavy atom. The lowest BCUT2D eigenvalue weighted by molar-refractivity contribution is 0.581. The van der Waals surface area contributed by atoms with E-state index in [1.54, 1.807) is 25.1 Å². The molecule has 0 aliphatic rings. The fourth-order valence-electron chi connectivity index (χ4n) is 1.49. The lowest BCUT2D eigenvalue weighted by Gasteiger charge is -2.02. The molecule has 0 saturated heterocycles. The van der Waals surface area contributed by atoms with Gasteiger partial charge in [0.1, 0.15) is 0 Å². The molecule has 2 N–H and O–H groups in total. The van der Waals surface area contributed by atoms with Crippen molar-refractivity contribution in [2.45, 2.75) is 6.92 Å². The number of aromatic nitrogens is 2. The van der Waals surface area contributed by atoms with Crippen molar-refractivity contribution in [3.63, 3.8) is 0 Å². The molecule has 0 radical (unpaired) electrons. The third-order valence-corrected chi connectivity index (χ3v) is 4.34. The summed E-state index contributed by atoms with van der Waals surface area (Å²) in [5.41, 5.74) is 7.51. The van der Waals surface area contributed by atoms with Crippen LogP contribution in [-0.2, 0) is 10.0 Å². The van der Waals surface area contributed by atoms with Gasteiger partial charge in [-0.3, -0.25) is 0 Å². The minimum Gasteiger partial charge on any atom is -0.399 e. The summed E-state index contributed by atoms with van der Waals surface area (Å²) < 4.78 is 24.2. The van der Waals surface area contributed by atoms with E-state index in [9.17, 15) is 8.42 Å². The Balaban J connectivity index is 2.51. The summed E-state index contributed by atoms with van der Waals surface area (Å²) >= 11 is 6.05. The van der Waals surface area contributed by atoms with Gasteiger partial charge in [-0.15, -0.1) is 0 Å². The normalized spacial score (nSPS) is 11.7. The van der Waals surface area contributed by atoms with Crippen LogP contribution >= 0.6 is 11.6 Å². The van der Waals surface area contributed by atoms with Crippen LogP contribution in [0.25, 0.3) is 11.1 Å². The molecule has 1 aromatic heterocycles. The van der Waals surface area contributed by atoms with Crippen LogP contribution in [-0.4, -0.2) is 23.4 Å².